The van der Waals surface area contributed by atoms with Gasteiger partial charge in [0.15, 0.2) is 0 Å². The van der Waals surface area contributed by atoms with Gasteiger partial charge in [0.2, 0.25) is 5.91 Å². The normalized spacial score (nSPS) is 24.9. The molecule has 1 aromatic rings. The maximum Gasteiger partial charge on any atom is 0.237 e. The van der Waals surface area contributed by atoms with Crippen LogP contribution in [0.1, 0.15) is 31.2 Å². The van der Waals surface area contributed by atoms with Gasteiger partial charge in [-0.2, -0.15) is 0 Å². The number of benzene rings is 1. The summed E-state index contributed by atoms with van der Waals surface area (Å²) in [5, 5.41) is 7.64. The Morgan fingerprint density at radius 3 is 2.96 bits per heavy atom. The molecule has 1 aromatic carbocycles. The number of carbonyl (C=O) groups is 1. The Balaban J connectivity index is 1.49. The van der Waals surface area contributed by atoms with Crippen LogP contribution in [0.4, 0.5) is 0 Å². The SMILES string of the molecule is O=C(NCC1CCCN(Cc2cccc(Cl)c2Cl)C1)C1CCCN1. The number of piperidine rings is 1. The number of halogens is 2. The summed E-state index contributed by atoms with van der Waals surface area (Å²) < 4.78 is 0. The van der Waals surface area contributed by atoms with E-state index in [1.54, 1.807) is 0 Å². The van der Waals surface area contributed by atoms with Crippen LogP contribution in [-0.2, 0) is 11.3 Å². The fraction of sp³-hybridized carbons (Fsp3) is 0.611. The van der Waals surface area contributed by atoms with E-state index in [1.165, 1.54) is 0 Å². The van der Waals surface area contributed by atoms with Gasteiger partial charge in [-0.1, -0.05) is 35.3 Å². The molecule has 2 heterocycles. The number of likely N-dealkylation sites (tertiary alicyclic amines) is 1. The summed E-state index contributed by atoms with van der Waals surface area (Å²) in [4.78, 5) is 14.5. The Morgan fingerprint density at radius 1 is 1.29 bits per heavy atom. The van der Waals surface area contributed by atoms with Gasteiger partial charge < -0.3 is 10.6 Å². The molecular formula is C18H25Cl2N3O. The quantitative estimate of drug-likeness (QED) is 0.837. The number of hydrogen-bond donors (Lipinski definition) is 2. The molecule has 6 heteroatoms. The van der Waals surface area contributed by atoms with Gasteiger partial charge in [0.05, 0.1) is 16.1 Å². The summed E-state index contributed by atoms with van der Waals surface area (Å²) in [7, 11) is 0. The predicted octanol–water partition coefficient (Wildman–Crippen LogP) is 3.07. The van der Waals surface area contributed by atoms with E-state index in [0.717, 1.165) is 64.0 Å². The van der Waals surface area contributed by atoms with Crippen LogP contribution in [0.2, 0.25) is 10.0 Å². The maximum absolute atomic E-state index is 12.1. The van der Waals surface area contributed by atoms with Crippen molar-refractivity contribution >= 4 is 29.1 Å². The first kappa shape index (κ1) is 18.0. The highest BCUT2D eigenvalue weighted by Crippen LogP contribution is 2.27. The van der Waals surface area contributed by atoms with Gasteiger partial charge in [-0.25, -0.2) is 0 Å². The molecule has 2 N–H and O–H groups in total. The lowest BCUT2D eigenvalue weighted by Gasteiger charge is -2.33. The van der Waals surface area contributed by atoms with Crippen LogP contribution >= 0.6 is 23.2 Å². The van der Waals surface area contributed by atoms with E-state index in [0.29, 0.717) is 16.0 Å². The van der Waals surface area contributed by atoms with Crippen molar-refractivity contribution in [1.29, 1.82) is 0 Å². The number of amides is 1. The molecule has 0 aliphatic carbocycles. The van der Waals surface area contributed by atoms with Gasteiger partial charge in [-0.05, 0) is 56.3 Å². The van der Waals surface area contributed by atoms with Crippen LogP contribution in [0.5, 0.6) is 0 Å². The summed E-state index contributed by atoms with van der Waals surface area (Å²) in [5.74, 6) is 0.657. The highest BCUT2D eigenvalue weighted by atomic mass is 35.5. The number of nitrogens with zero attached hydrogens (tertiary/aromatic N) is 1. The summed E-state index contributed by atoms with van der Waals surface area (Å²) in [6, 6.07) is 5.81. The van der Waals surface area contributed by atoms with Crippen molar-refractivity contribution in [3.8, 4) is 0 Å². The van der Waals surface area contributed by atoms with Gasteiger partial charge in [-0.15, -0.1) is 0 Å². The molecule has 4 nitrogen and oxygen atoms in total. The monoisotopic (exact) mass is 369 g/mol. The fourth-order valence-corrected chi connectivity index (χ4v) is 4.03. The van der Waals surface area contributed by atoms with Crippen molar-refractivity contribution in [3.05, 3.63) is 33.8 Å². The van der Waals surface area contributed by atoms with Crippen molar-refractivity contribution < 1.29 is 4.79 Å². The second kappa shape index (κ2) is 8.52. The Morgan fingerprint density at radius 2 is 2.17 bits per heavy atom. The lowest BCUT2D eigenvalue weighted by atomic mass is 9.97. The van der Waals surface area contributed by atoms with Crippen molar-refractivity contribution in [1.82, 2.24) is 15.5 Å². The van der Waals surface area contributed by atoms with Crippen molar-refractivity contribution in [3.63, 3.8) is 0 Å². The maximum atomic E-state index is 12.1. The van der Waals surface area contributed by atoms with Gasteiger partial charge in [0, 0.05) is 19.6 Å². The van der Waals surface area contributed by atoms with Gasteiger partial charge in [-0.3, -0.25) is 9.69 Å². The van der Waals surface area contributed by atoms with E-state index in [4.69, 9.17) is 23.2 Å². The fourth-order valence-electron chi connectivity index (χ4n) is 3.65. The summed E-state index contributed by atoms with van der Waals surface area (Å²) in [6.07, 6.45) is 4.37. The van der Waals surface area contributed by atoms with Crippen molar-refractivity contribution in [2.24, 2.45) is 5.92 Å². The van der Waals surface area contributed by atoms with E-state index < -0.39 is 0 Å². The number of carbonyl (C=O) groups excluding carboxylic acids is 1. The molecule has 0 aromatic heterocycles. The Labute approximate surface area is 153 Å². The molecule has 0 radical (unpaired) electrons. The van der Waals surface area contributed by atoms with Crippen molar-refractivity contribution in [2.45, 2.75) is 38.3 Å². The minimum atomic E-state index is 0.00922. The minimum Gasteiger partial charge on any atom is -0.354 e. The zero-order valence-electron chi connectivity index (χ0n) is 13.9. The van der Waals surface area contributed by atoms with Gasteiger partial charge >= 0.3 is 0 Å². The number of nitrogens with one attached hydrogen (secondary N) is 2. The van der Waals surface area contributed by atoms with Gasteiger partial charge in [0.25, 0.3) is 0 Å². The molecule has 3 rings (SSSR count). The Kier molecular flexibility index (Phi) is 6.39. The summed E-state index contributed by atoms with van der Waals surface area (Å²) in [5.41, 5.74) is 1.07. The molecule has 0 spiro atoms. The zero-order chi connectivity index (χ0) is 16.9. The van der Waals surface area contributed by atoms with E-state index >= 15 is 0 Å². The zero-order valence-corrected chi connectivity index (χ0v) is 15.4. The van der Waals surface area contributed by atoms with Crippen molar-refractivity contribution in [2.75, 3.05) is 26.2 Å². The molecule has 1 amide bonds. The van der Waals surface area contributed by atoms with Gasteiger partial charge in [0.1, 0.15) is 0 Å². The molecule has 2 saturated heterocycles. The van der Waals surface area contributed by atoms with Crippen LogP contribution in [0, 0.1) is 5.92 Å². The first-order valence-electron chi connectivity index (χ1n) is 8.80. The second-order valence-electron chi connectivity index (χ2n) is 6.85. The standard InChI is InChI=1S/C18H25Cl2N3O/c19-15-6-1-5-14(17(15)20)12-23-9-3-4-13(11-23)10-22-18(24)16-7-2-8-21-16/h1,5-6,13,16,21H,2-4,7-12H2,(H,22,24). The molecule has 2 fully saturated rings. The molecule has 2 aliphatic rings. The van der Waals surface area contributed by atoms with Crippen LogP contribution in [0.25, 0.3) is 0 Å². The van der Waals surface area contributed by atoms with E-state index in [1.807, 2.05) is 18.2 Å². The van der Waals surface area contributed by atoms with Crippen LogP contribution in [-0.4, -0.2) is 43.0 Å². The molecule has 0 bridgehead atoms. The average molecular weight is 370 g/mol. The predicted molar refractivity (Wildman–Crippen MR) is 98.5 cm³/mol. The van der Waals surface area contributed by atoms with Crippen LogP contribution in [0.15, 0.2) is 18.2 Å². The lowest BCUT2D eigenvalue weighted by molar-refractivity contribution is -0.123. The third kappa shape index (κ3) is 4.63. The summed E-state index contributed by atoms with van der Waals surface area (Å²) >= 11 is 12.4. The highest BCUT2D eigenvalue weighted by molar-refractivity contribution is 6.42. The van der Waals surface area contributed by atoms with Crippen LogP contribution < -0.4 is 10.6 Å². The van der Waals surface area contributed by atoms with Crippen LogP contribution in [0.3, 0.4) is 0 Å². The third-order valence-corrected chi connectivity index (χ3v) is 5.83. The number of hydrogen-bond acceptors (Lipinski definition) is 3. The molecule has 2 atom stereocenters. The first-order chi connectivity index (χ1) is 11.6. The van der Waals surface area contributed by atoms with E-state index in [2.05, 4.69) is 15.5 Å². The smallest absolute Gasteiger partial charge is 0.237 e. The average Bonchev–Trinajstić information content (AvgIpc) is 3.12. The molecule has 0 saturated carbocycles. The Hall–Kier alpha value is -0.810. The topological polar surface area (TPSA) is 44.4 Å². The third-order valence-electron chi connectivity index (χ3n) is 4.97. The molecule has 2 aliphatic heterocycles. The van der Waals surface area contributed by atoms with E-state index in [9.17, 15) is 4.79 Å². The number of rotatable bonds is 5. The largest absolute Gasteiger partial charge is 0.354 e. The molecular weight excluding hydrogens is 345 g/mol. The molecule has 2 unspecified atom stereocenters. The van der Waals surface area contributed by atoms with E-state index in [-0.39, 0.29) is 11.9 Å². The first-order valence-corrected chi connectivity index (χ1v) is 9.55. The second-order valence-corrected chi connectivity index (χ2v) is 7.64. The molecule has 132 valence electrons. The highest BCUT2D eigenvalue weighted by Gasteiger charge is 2.25. The lowest BCUT2D eigenvalue weighted by Crippen LogP contribution is -2.45. The molecule has 24 heavy (non-hydrogen) atoms. The summed E-state index contributed by atoms with van der Waals surface area (Å²) in [6.45, 7) is 4.58. The Bertz CT molecular complexity index is 575. The minimum absolute atomic E-state index is 0.00922.